The molecule has 96 valence electrons. The van der Waals surface area contributed by atoms with E-state index in [4.69, 9.17) is 4.74 Å². The number of rotatable bonds is 0. The maximum Gasteiger partial charge on any atom is 0.138 e. The van der Waals surface area contributed by atoms with Gasteiger partial charge in [0.2, 0.25) is 0 Å². The number of fused-ring (bicyclic) bond motifs is 1. The van der Waals surface area contributed by atoms with Crippen molar-refractivity contribution < 1.29 is 4.74 Å². The van der Waals surface area contributed by atoms with Gasteiger partial charge in [0.05, 0.1) is 0 Å². The molecule has 1 aliphatic heterocycles. The molecule has 16 heavy (non-hydrogen) atoms. The molecule has 0 aromatic rings. The Balaban J connectivity index is 0. The third-order valence-electron chi connectivity index (χ3n) is 1.50. The minimum absolute atomic E-state index is 0.817. The second-order valence-electron chi connectivity index (χ2n) is 2.83. The molecule has 0 unspecified atom stereocenters. The monoisotopic (exact) mass is 244 g/mol. The second kappa shape index (κ2) is 14.6. The number of allylic oxidation sites excluding steroid dienone is 2. The van der Waals surface area contributed by atoms with Gasteiger partial charge in [-0.25, -0.2) is 0 Å². The fourth-order valence-corrected chi connectivity index (χ4v) is 1.88. The maximum atomic E-state index is 5.31. The van der Waals surface area contributed by atoms with Crippen molar-refractivity contribution in [2.75, 3.05) is 5.94 Å². The Kier molecular flexibility index (Phi) is 16.5. The molecule has 0 aromatic heterocycles. The van der Waals surface area contributed by atoms with E-state index in [0.717, 1.165) is 18.1 Å². The fourth-order valence-electron chi connectivity index (χ4n) is 1.05. The van der Waals surface area contributed by atoms with Crippen molar-refractivity contribution in [1.82, 2.24) is 0 Å². The molecular weight excluding hydrogens is 216 g/mol. The van der Waals surface area contributed by atoms with E-state index in [1.165, 1.54) is 17.7 Å². The van der Waals surface area contributed by atoms with Crippen molar-refractivity contribution in [3.05, 3.63) is 22.8 Å². The van der Waals surface area contributed by atoms with Gasteiger partial charge in [-0.3, -0.25) is 0 Å². The van der Waals surface area contributed by atoms with Gasteiger partial charge in [-0.1, -0.05) is 65.8 Å². The van der Waals surface area contributed by atoms with E-state index in [1.807, 2.05) is 27.7 Å². The highest BCUT2D eigenvalue weighted by molar-refractivity contribution is 8.03. The number of thioether (sulfide) groups is 1. The zero-order valence-electron chi connectivity index (χ0n) is 11.8. The van der Waals surface area contributed by atoms with Gasteiger partial charge in [0.25, 0.3) is 0 Å². The van der Waals surface area contributed by atoms with E-state index in [2.05, 4.69) is 26.0 Å². The van der Waals surface area contributed by atoms with E-state index in [1.54, 1.807) is 11.8 Å². The van der Waals surface area contributed by atoms with Crippen LogP contribution in [0, 0.1) is 0 Å². The first-order valence-electron chi connectivity index (χ1n) is 6.54. The van der Waals surface area contributed by atoms with Crippen LogP contribution in [-0.2, 0) is 4.74 Å². The van der Waals surface area contributed by atoms with Crippen LogP contribution in [0.15, 0.2) is 22.8 Å². The highest BCUT2D eigenvalue weighted by Crippen LogP contribution is 2.36. The zero-order valence-corrected chi connectivity index (χ0v) is 12.6. The summed E-state index contributed by atoms with van der Waals surface area (Å²) in [7, 11) is 0. The minimum Gasteiger partial charge on any atom is -0.482 e. The van der Waals surface area contributed by atoms with Crippen LogP contribution in [0.2, 0.25) is 0 Å². The molecule has 2 aliphatic rings. The molecule has 0 radical (unpaired) electrons. The molecule has 2 heteroatoms. The van der Waals surface area contributed by atoms with Crippen molar-refractivity contribution >= 4 is 11.8 Å². The average molecular weight is 244 g/mol. The largest absolute Gasteiger partial charge is 0.482 e. The lowest BCUT2D eigenvalue weighted by Crippen LogP contribution is -1.86. The summed E-state index contributed by atoms with van der Waals surface area (Å²) in [6.45, 7) is 12.2. The van der Waals surface area contributed by atoms with Crippen molar-refractivity contribution in [3.63, 3.8) is 0 Å². The zero-order chi connectivity index (χ0) is 12.8. The predicted octanol–water partition coefficient (Wildman–Crippen LogP) is 5.74. The van der Waals surface area contributed by atoms with Crippen LogP contribution in [0.3, 0.4) is 0 Å². The molecular formula is C14H28OS. The molecule has 0 amide bonds. The molecule has 2 rings (SSSR count). The normalized spacial score (nSPS) is 15.4. The molecule has 0 saturated carbocycles. The molecule has 0 spiro atoms. The standard InChI is InChI=1S/C7H8OS.C3H8.2C2H6/c1-2-4-7-6(3-1)8-5-9-7;1-3-2;2*1-2/h3-4H,1-2,5H2;3H2,1-2H3;2*1-2H3. The first kappa shape index (κ1) is 18.0. The van der Waals surface area contributed by atoms with Gasteiger partial charge in [-0.05, 0) is 18.9 Å². The average Bonchev–Trinajstić information content (AvgIpc) is 2.83. The van der Waals surface area contributed by atoms with Gasteiger partial charge >= 0.3 is 0 Å². The molecule has 0 bridgehead atoms. The third-order valence-corrected chi connectivity index (χ3v) is 2.41. The Morgan fingerprint density at radius 1 is 1.06 bits per heavy atom. The summed E-state index contributed by atoms with van der Waals surface area (Å²) < 4.78 is 5.31. The van der Waals surface area contributed by atoms with E-state index >= 15 is 0 Å². The number of hydrogen-bond donors (Lipinski definition) is 0. The van der Waals surface area contributed by atoms with E-state index in [-0.39, 0.29) is 0 Å². The Bertz CT molecular complexity index is 175. The Hall–Kier alpha value is -0.370. The van der Waals surface area contributed by atoms with Crippen molar-refractivity contribution in [1.29, 1.82) is 0 Å². The molecule has 1 nitrogen and oxygen atoms in total. The maximum absolute atomic E-state index is 5.31. The Morgan fingerprint density at radius 2 is 1.56 bits per heavy atom. The summed E-state index contributed by atoms with van der Waals surface area (Å²) in [5.74, 6) is 1.93. The van der Waals surface area contributed by atoms with Crippen LogP contribution in [0.1, 0.15) is 60.8 Å². The summed E-state index contributed by atoms with van der Waals surface area (Å²) in [5.41, 5.74) is 0. The summed E-state index contributed by atoms with van der Waals surface area (Å²) in [5, 5.41) is 0. The molecule has 0 N–H and O–H groups in total. The smallest absolute Gasteiger partial charge is 0.138 e. The minimum atomic E-state index is 0.817. The van der Waals surface area contributed by atoms with Gasteiger partial charge in [0.1, 0.15) is 11.7 Å². The molecule has 1 fully saturated rings. The van der Waals surface area contributed by atoms with Gasteiger partial charge in [0.15, 0.2) is 0 Å². The molecule has 0 aromatic carbocycles. The highest BCUT2D eigenvalue weighted by atomic mass is 32.2. The summed E-state index contributed by atoms with van der Waals surface area (Å²) in [4.78, 5) is 1.35. The first-order valence-corrected chi connectivity index (χ1v) is 7.53. The number of hydrogen-bond acceptors (Lipinski definition) is 2. The predicted molar refractivity (Wildman–Crippen MR) is 77.6 cm³/mol. The Morgan fingerprint density at radius 3 is 2.06 bits per heavy atom. The van der Waals surface area contributed by atoms with Gasteiger partial charge in [-0.2, -0.15) is 0 Å². The quantitative estimate of drug-likeness (QED) is 0.537. The van der Waals surface area contributed by atoms with Crippen molar-refractivity contribution in [2.24, 2.45) is 0 Å². The molecule has 1 aliphatic carbocycles. The second-order valence-corrected chi connectivity index (χ2v) is 3.79. The SMILES string of the molecule is C1=C2OCSC2=CCC1.CC.CC.CCC. The summed E-state index contributed by atoms with van der Waals surface area (Å²) >= 11 is 1.80. The molecule has 1 heterocycles. The van der Waals surface area contributed by atoms with Gasteiger partial charge in [0, 0.05) is 4.91 Å². The van der Waals surface area contributed by atoms with E-state index < -0.39 is 0 Å². The summed E-state index contributed by atoms with van der Waals surface area (Å²) in [6, 6.07) is 0. The van der Waals surface area contributed by atoms with Crippen LogP contribution in [-0.4, -0.2) is 5.94 Å². The fraction of sp³-hybridized carbons (Fsp3) is 0.714. The van der Waals surface area contributed by atoms with Crippen LogP contribution in [0.5, 0.6) is 0 Å². The Labute approximate surface area is 106 Å². The van der Waals surface area contributed by atoms with Crippen LogP contribution >= 0.6 is 11.8 Å². The summed E-state index contributed by atoms with van der Waals surface area (Å²) in [6.07, 6.45) is 8.02. The van der Waals surface area contributed by atoms with Gasteiger partial charge < -0.3 is 4.74 Å². The number of ether oxygens (including phenoxy) is 1. The third kappa shape index (κ3) is 7.86. The van der Waals surface area contributed by atoms with E-state index in [9.17, 15) is 0 Å². The van der Waals surface area contributed by atoms with Crippen LogP contribution < -0.4 is 0 Å². The lowest BCUT2D eigenvalue weighted by Gasteiger charge is -2.02. The van der Waals surface area contributed by atoms with Crippen molar-refractivity contribution in [3.8, 4) is 0 Å². The van der Waals surface area contributed by atoms with Crippen LogP contribution in [0.4, 0.5) is 0 Å². The van der Waals surface area contributed by atoms with E-state index in [0.29, 0.717) is 0 Å². The molecule has 0 atom stereocenters. The van der Waals surface area contributed by atoms with Crippen molar-refractivity contribution in [2.45, 2.75) is 60.8 Å². The highest BCUT2D eigenvalue weighted by Gasteiger charge is 2.16. The van der Waals surface area contributed by atoms with Crippen LogP contribution in [0.25, 0.3) is 0 Å². The molecule has 1 saturated heterocycles. The van der Waals surface area contributed by atoms with Gasteiger partial charge in [-0.15, -0.1) is 0 Å². The first-order chi connectivity index (χ1) is 7.88. The topological polar surface area (TPSA) is 9.23 Å². The lowest BCUT2D eigenvalue weighted by atomic mass is 10.2. The lowest BCUT2D eigenvalue weighted by molar-refractivity contribution is 0.294.